The van der Waals surface area contributed by atoms with Gasteiger partial charge in [0, 0.05) is 18.7 Å². The summed E-state index contributed by atoms with van der Waals surface area (Å²) in [6.07, 6.45) is 5.67. The number of nitrogens with one attached hydrogen (secondary N) is 1. The van der Waals surface area contributed by atoms with Crippen LogP contribution in [0.2, 0.25) is 0 Å². The van der Waals surface area contributed by atoms with Crippen LogP contribution in [0.4, 0.5) is 0 Å². The van der Waals surface area contributed by atoms with E-state index in [4.69, 9.17) is 4.74 Å². The summed E-state index contributed by atoms with van der Waals surface area (Å²) in [6, 6.07) is 0.488. The second-order valence-electron chi connectivity index (χ2n) is 4.21. The van der Waals surface area contributed by atoms with Gasteiger partial charge in [0.1, 0.15) is 0 Å². The highest BCUT2D eigenvalue weighted by atomic mass is 16.5. The smallest absolute Gasteiger partial charge is 0.330 e. The zero-order chi connectivity index (χ0) is 12.4. The molecule has 0 aliphatic rings. The molecule has 0 rings (SSSR count). The van der Waals surface area contributed by atoms with Crippen LogP contribution in [0.15, 0.2) is 12.2 Å². The summed E-state index contributed by atoms with van der Waals surface area (Å²) in [6.45, 7) is 9.59. The molecule has 0 aliphatic carbocycles. The zero-order valence-corrected chi connectivity index (χ0v) is 11.0. The number of rotatable bonds is 8. The lowest BCUT2D eigenvalue weighted by Crippen LogP contribution is -2.27. The average molecular weight is 227 g/mol. The van der Waals surface area contributed by atoms with E-state index in [0.29, 0.717) is 12.6 Å². The second-order valence-corrected chi connectivity index (χ2v) is 4.21. The van der Waals surface area contributed by atoms with Crippen LogP contribution in [-0.4, -0.2) is 25.2 Å². The van der Waals surface area contributed by atoms with Crippen LogP contribution in [0.5, 0.6) is 0 Å². The van der Waals surface area contributed by atoms with E-state index in [1.165, 1.54) is 18.9 Å². The van der Waals surface area contributed by atoms with Gasteiger partial charge in [-0.05, 0) is 26.2 Å². The largest absolute Gasteiger partial charge is 0.463 e. The molecule has 0 aromatic rings. The third-order valence-electron chi connectivity index (χ3n) is 2.58. The van der Waals surface area contributed by atoms with Crippen molar-refractivity contribution in [3.05, 3.63) is 12.2 Å². The SMILES string of the molecule is CCOC(=O)/C=C/CNC(C)CC(C)CC. The molecule has 0 amide bonds. The first-order valence-electron chi connectivity index (χ1n) is 6.16. The maximum atomic E-state index is 11.0. The molecule has 0 fully saturated rings. The summed E-state index contributed by atoms with van der Waals surface area (Å²) in [5.74, 6) is 0.482. The average Bonchev–Trinajstić information content (AvgIpc) is 2.24. The highest BCUT2D eigenvalue weighted by Gasteiger charge is 2.05. The molecule has 0 spiro atoms. The molecule has 0 aromatic carbocycles. The van der Waals surface area contributed by atoms with Gasteiger partial charge in [0.25, 0.3) is 0 Å². The maximum absolute atomic E-state index is 11.0. The molecule has 3 heteroatoms. The highest BCUT2D eigenvalue weighted by molar-refractivity contribution is 5.81. The Morgan fingerprint density at radius 2 is 2.06 bits per heavy atom. The number of carbonyl (C=O) groups excluding carboxylic acids is 1. The fourth-order valence-corrected chi connectivity index (χ4v) is 1.47. The minimum atomic E-state index is -0.265. The number of esters is 1. The van der Waals surface area contributed by atoms with Gasteiger partial charge in [0.2, 0.25) is 0 Å². The Balaban J connectivity index is 3.60. The fourth-order valence-electron chi connectivity index (χ4n) is 1.47. The first kappa shape index (κ1) is 15.2. The molecule has 0 bridgehead atoms. The van der Waals surface area contributed by atoms with Crippen LogP contribution in [0.3, 0.4) is 0 Å². The Bertz CT molecular complexity index is 214. The van der Waals surface area contributed by atoms with Gasteiger partial charge in [0.15, 0.2) is 0 Å². The molecule has 1 N–H and O–H groups in total. The quantitative estimate of drug-likeness (QED) is 0.511. The molecule has 2 unspecified atom stereocenters. The van der Waals surface area contributed by atoms with Crippen molar-refractivity contribution in [3.63, 3.8) is 0 Å². The van der Waals surface area contributed by atoms with Crippen molar-refractivity contribution in [2.75, 3.05) is 13.2 Å². The van der Waals surface area contributed by atoms with E-state index in [1.54, 1.807) is 6.92 Å². The molecular formula is C13H25NO2. The van der Waals surface area contributed by atoms with Gasteiger partial charge in [-0.1, -0.05) is 26.3 Å². The van der Waals surface area contributed by atoms with E-state index in [0.717, 1.165) is 12.5 Å². The standard InChI is InChI=1S/C13H25NO2/c1-5-11(3)10-12(4)14-9-7-8-13(15)16-6-2/h7-8,11-12,14H,5-6,9-10H2,1-4H3/b8-7+. The van der Waals surface area contributed by atoms with Gasteiger partial charge in [0.05, 0.1) is 6.61 Å². The van der Waals surface area contributed by atoms with Gasteiger partial charge in [-0.2, -0.15) is 0 Å². The maximum Gasteiger partial charge on any atom is 0.330 e. The topological polar surface area (TPSA) is 38.3 Å². The van der Waals surface area contributed by atoms with Crippen molar-refractivity contribution in [1.82, 2.24) is 5.32 Å². The monoisotopic (exact) mass is 227 g/mol. The Labute approximate surface area is 99.3 Å². The van der Waals surface area contributed by atoms with Gasteiger partial charge < -0.3 is 10.1 Å². The van der Waals surface area contributed by atoms with Crippen molar-refractivity contribution in [2.24, 2.45) is 5.92 Å². The first-order chi connectivity index (χ1) is 7.60. The van der Waals surface area contributed by atoms with Crippen LogP contribution in [0.25, 0.3) is 0 Å². The van der Waals surface area contributed by atoms with E-state index < -0.39 is 0 Å². The summed E-state index contributed by atoms with van der Waals surface area (Å²) in [7, 11) is 0. The van der Waals surface area contributed by atoms with Crippen LogP contribution < -0.4 is 5.32 Å². The minimum absolute atomic E-state index is 0.265. The second kappa shape index (κ2) is 9.40. The summed E-state index contributed by atoms with van der Waals surface area (Å²) in [5, 5.41) is 3.35. The van der Waals surface area contributed by atoms with Crippen molar-refractivity contribution in [1.29, 1.82) is 0 Å². The lowest BCUT2D eigenvalue weighted by Gasteiger charge is -2.16. The van der Waals surface area contributed by atoms with Crippen molar-refractivity contribution < 1.29 is 9.53 Å². The van der Waals surface area contributed by atoms with E-state index in [-0.39, 0.29) is 5.97 Å². The molecular weight excluding hydrogens is 202 g/mol. The summed E-state index contributed by atoms with van der Waals surface area (Å²) < 4.78 is 4.78. The van der Waals surface area contributed by atoms with Crippen LogP contribution in [0.1, 0.15) is 40.5 Å². The van der Waals surface area contributed by atoms with E-state index >= 15 is 0 Å². The molecule has 0 saturated carbocycles. The molecule has 0 aliphatic heterocycles. The van der Waals surface area contributed by atoms with E-state index in [9.17, 15) is 4.79 Å². The fraction of sp³-hybridized carbons (Fsp3) is 0.769. The molecule has 0 radical (unpaired) electrons. The van der Waals surface area contributed by atoms with Crippen molar-refractivity contribution in [3.8, 4) is 0 Å². The first-order valence-corrected chi connectivity index (χ1v) is 6.16. The normalized spacial score (nSPS) is 15.0. The van der Waals surface area contributed by atoms with Gasteiger partial charge >= 0.3 is 5.97 Å². The lowest BCUT2D eigenvalue weighted by atomic mass is 10.0. The van der Waals surface area contributed by atoms with Crippen LogP contribution in [0, 0.1) is 5.92 Å². The Morgan fingerprint density at radius 3 is 2.62 bits per heavy atom. The number of hydrogen-bond acceptors (Lipinski definition) is 3. The molecule has 16 heavy (non-hydrogen) atoms. The predicted octanol–water partition coefficient (Wildman–Crippen LogP) is 2.52. The predicted molar refractivity (Wildman–Crippen MR) is 67.3 cm³/mol. The molecule has 2 atom stereocenters. The van der Waals surface area contributed by atoms with Crippen molar-refractivity contribution in [2.45, 2.75) is 46.6 Å². The van der Waals surface area contributed by atoms with Gasteiger partial charge in [-0.25, -0.2) is 4.79 Å². The molecule has 94 valence electrons. The summed E-state index contributed by atoms with van der Waals surface area (Å²) in [5.41, 5.74) is 0. The minimum Gasteiger partial charge on any atom is -0.463 e. The Hall–Kier alpha value is -0.830. The number of carbonyl (C=O) groups is 1. The van der Waals surface area contributed by atoms with E-state index in [2.05, 4.69) is 26.1 Å². The van der Waals surface area contributed by atoms with Crippen molar-refractivity contribution >= 4 is 5.97 Å². The summed E-state index contributed by atoms with van der Waals surface area (Å²) in [4.78, 5) is 11.0. The molecule has 0 aromatic heterocycles. The molecule has 3 nitrogen and oxygen atoms in total. The highest BCUT2D eigenvalue weighted by Crippen LogP contribution is 2.08. The van der Waals surface area contributed by atoms with Crippen LogP contribution in [-0.2, 0) is 9.53 Å². The number of ether oxygens (including phenoxy) is 1. The lowest BCUT2D eigenvalue weighted by molar-refractivity contribution is -0.137. The van der Waals surface area contributed by atoms with Crippen LogP contribution >= 0.6 is 0 Å². The number of hydrogen-bond donors (Lipinski definition) is 1. The molecule has 0 saturated heterocycles. The third-order valence-corrected chi connectivity index (χ3v) is 2.58. The van der Waals surface area contributed by atoms with Gasteiger partial charge in [-0.15, -0.1) is 0 Å². The summed E-state index contributed by atoms with van der Waals surface area (Å²) >= 11 is 0. The zero-order valence-electron chi connectivity index (χ0n) is 11.0. The Morgan fingerprint density at radius 1 is 1.38 bits per heavy atom. The van der Waals surface area contributed by atoms with Gasteiger partial charge in [-0.3, -0.25) is 0 Å². The Kier molecular flexibility index (Phi) is 8.91. The van der Waals surface area contributed by atoms with E-state index in [1.807, 2.05) is 6.08 Å². The third kappa shape index (κ3) is 8.48. The molecule has 0 heterocycles.